The van der Waals surface area contributed by atoms with Gasteiger partial charge in [0.1, 0.15) is 17.3 Å². The van der Waals surface area contributed by atoms with Crippen LogP contribution in [0.15, 0.2) is 36.5 Å². The second kappa shape index (κ2) is 7.38. The molecule has 0 fully saturated rings. The lowest BCUT2D eigenvalue weighted by Gasteiger charge is -2.15. The molecule has 0 spiro atoms. The van der Waals surface area contributed by atoms with E-state index in [0.29, 0.717) is 11.5 Å². The van der Waals surface area contributed by atoms with Gasteiger partial charge in [-0.2, -0.15) is 0 Å². The van der Waals surface area contributed by atoms with Crippen molar-refractivity contribution in [2.24, 2.45) is 0 Å². The Bertz CT molecular complexity index is 589. The maximum atomic E-state index is 13.1. The van der Waals surface area contributed by atoms with Crippen LogP contribution >= 0.6 is 11.6 Å². The normalized spacial score (nSPS) is 12.2. The monoisotopic (exact) mass is 308 g/mol. The molecular weight excluding hydrogens is 291 g/mol. The number of nitrogens with zero attached hydrogens (tertiary/aromatic N) is 1. The van der Waals surface area contributed by atoms with Crippen molar-refractivity contribution in [1.29, 1.82) is 0 Å². The zero-order chi connectivity index (χ0) is 15.2. The number of benzene rings is 1. The van der Waals surface area contributed by atoms with Crippen molar-refractivity contribution < 1.29 is 9.13 Å². The maximum Gasteiger partial charge on any atom is 0.145 e. The lowest BCUT2D eigenvalue weighted by atomic mass is 10.1. The number of hydrogen-bond acceptors (Lipinski definition) is 3. The average molecular weight is 309 g/mol. The van der Waals surface area contributed by atoms with Crippen LogP contribution in [0.3, 0.4) is 0 Å². The highest BCUT2D eigenvalue weighted by molar-refractivity contribution is 6.30. The number of rotatable bonds is 6. The minimum atomic E-state index is -0.464. The minimum Gasteiger partial charge on any atom is -0.456 e. The third-order valence-corrected chi connectivity index (χ3v) is 3.39. The van der Waals surface area contributed by atoms with Crippen LogP contribution in [-0.2, 0) is 0 Å². The van der Waals surface area contributed by atoms with Gasteiger partial charge in [-0.05, 0) is 37.2 Å². The van der Waals surface area contributed by atoms with Crippen molar-refractivity contribution >= 4 is 11.6 Å². The van der Waals surface area contributed by atoms with Crippen LogP contribution in [-0.4, -0.2) is 11.5 Å². The molecule has 21 heavy (non-hydrogen) atoms. The zero-order valence-electron chi connectivity index (χ0n) is 12.1. The van der Waals surface area contributed by atoms with E-state index in [1.807, 2.05) is 12.1 Å². The van der Waals surface area contributed by atoms with Crippen molar-refractivity contribution in [3.63, 3.8) is 0 Å². The number of aromatic nitrogens is 1. The van der Waals surface area contributed by atoms with E-state index in [-0.39, 0.29) is 11.1 Å². The molecule has 0 aliphatic heterocycles. The molecule has 1 unspecified atom stereocenters. The Morgan fingerprint density at radius 2 is 2.00 bits per heavy atom. The highest BCUT2D eigenvalue weighted by atomic mass is 35.5. The number of hydrogen-bond donors (Lipinski definition) is 1. The van der Waals surface area contributed by atoms with E-state index < -0.39 is 5.82 Å². The largest absolute Gasteiger partial charge is 0.456 e. The highest BCUT2D eigenvalue weighted by Gasteiger charge is 2.09. The molecule has 1 N–H and O–H groups in total. The summed E-state index contributed by atoms with van der Waals surface area (Å²) >= 11 is 5.72. The quantitative estimate of drug-likeness (QED) is 0.838. The van der Waals surface area contributed by atoms with Gasteiger partial charge in [-0.25, -0.2) is 4.39 Å². The Hall–Kier alpha value is -1.65. The van der Waals surface area contributed by atoms with Crippen molar-refractivity contribution in [3.8, 4) is 11.5 Å². The minimum absolute atomic E-state index is 0.0373. The van der Waals surface area contributed by atoms with Gasteiger partial charge in [0.25, 0.3) is 0 Å². The maximum absolute atomic E-state index is 13.1. The van der Waals surface area contributed by atoms with Gasteiger partial charge >= 0.3 is 0 Å². The molecule has 2 rings (SSSR count). The van der Waals surface area contributed by atoms with Crippen LogP contribution in [0.4, 0.5) is 4.39 Å². The summed E-state index contributed by atoms with van der Waals surface area (Å²) < 4.78 is 18.7. The molecule has 112 valence electrons. The first-order valence-electron chi connectivity index (χ1n) is 6.96. The Morgan fingerprint density at radius 1 is 1.24 bits per heavy atom. The number of pyridine rings is 1. The van der Waals surface area contributed by atoms with E-state index >= 15 is 0 Å². The second-order valence-electron chi connectivity index (χ2n) is 4.62. The summed E-state index contributed by atoms with van der Waals surface area (Å²) in [6.45, 7) is 5.07. The predicted molar refractivity (Wildman–Crippen MR) is 82.4 cm³/mol. The van der Waals surface area contributed by atoms with Gasteiger partial charge in [0, 0.05) is 12.1 Å². The summed E-state index contributed by atoms with van der Waals surface area (Å²) in [4.78, 5) is 4.41. The molecule has 1 aromatic heterocycles. The number of halogens is 2. The summed E-state index contributed by atoms with van der Waals surface area (Å²) in [6.07, 6.45) is 2.63. The molecule has 2 aromatic rings. The summed E-state index contributed by atoms with van der Waals surface area (Å²) in [7, 11) is 0. The molecule has 0 aliphatic rings. The van der Waals surface area contributed by atoms with E-state index in [4.69, 9.17) is 16.3 Å². The van der Waals surface area contributed by atoms with Crippen molar-refractivity contribution in [3.05, 3.63) is 53.1 Å². The molecule has 0 bridgehead atoms. The molecule has 0 saturated heterocycles. The third kappa shape index (κ3) is 4.16. The molecule has 3 nitrogen and oxygen atoms in total. The topological polar surface area (TPSA) is 34.1 Å². The summed E-state index contributed by atoms with van der Waals surface area (Å²) in [6, 6.07) is 8.26. The molecule has 1 aromatic carbocycles. The Balaban J connectivity index is 2.09. The molecule has 0 aliphatic carbocycles. The van der Waals surface area contributed by atoms with E-state index in [0.717, 1.165) is 18.7 Å². The van der Waals surface area contributed by atoms with Crippen molar-refractivity contribution in [1.82, 2.24) is 10.3 Å². The first-order chi connectivity index (χ1) is 10.1. The van der Waals surface area contributed by atoms with Crippen LogP contribution in [0.5, 0.6) is 11.5 Å². The van der Waals surface area contributed by atoms with E-state index in [1.165, 1.54) is 18.2 Å². The molecule has 1 heterocycles. The van der Waals surface area contributed by atoms with Gasteiger partial charge in [0.15, 0.2) is 0 Å². The highest BCUT2D eigenvalue weighted by Crippen LogP contribution is 2.26. The van der Waals surface area contributed by atoms with Gasteiger partial charge in [-0.3, -0.25) is 4.98 Å². The lowest BCUT2D eigenvalue weighted by molar-refractivity contribution is 0.474. The Labute approximate surface area is 129 Å². The molecule has 0 radical (unpaired) electrons. The fraction of sp³-hybridized carbons (Fsp3) is 0.312. The van der Waals surface area contributed by atoms with Crippen LogP contribution in [0, 0.1) is 5.82 Å². The average Bonchev–Trinajstić information content (AvgIpc) is 2.49. The SMILES string of the molecule is CCNC(CC)c1ccc(Oc2ccc(F)c(Cl)c2)cn1. The van der Waals surface area contributed by atoms with Gasteiger partial charge in [-0.15, -0.1) is 0 Å². The fourth-order valence-electron chi connectivity index (χ4n) is 2.04. The molecule has 5 heteroatoms. The molecule has 0 amide bonds. The van der Waals surface area contributed by atoms with Gasteiger partial charge in [-0.1, -0.05) is 25.4 Å². The van der Waals surface area contributed by atoms with Crippen molar-refractivity contribution in [2.75, 3.05) is 6.54 Å². The second-order valence-corrected chi connectivity index (χ2v) is 5.02. The number of ether oxygens (including phenoxy) is 1. The summed E-state index contributed by atoms with van der Waals surface area (Å²) in [5, 5.41) is 3.41. The molecule has 0 saturated carbocycles. The lowest BCUT2D eigenvalue weighted by Crippen LogP contribution is -2.20. The van der Waals surface area contributed by atoms with Crippen LogP contribution < -0.4 is 10.1 Å². The standard InChI is InChI=1S/C16H18ClFN2O/c1-3-15(19-4-2)16-8-6-12(10-20-16)21-11-5-7-14(18)13(17)9-11/h5-10,15,19H,3-4H2,1-2H3. The Morgan fingerprint density at radius 3 is 2.57 bits per heavy atom. The number of nitrogens with one attached hydrogen (secondary N) is 1. The first kappa shape index (κ1) is 15.7. The Kier molecular flexibility index (Phi) is 5.53. The van der Waals surface area contributed by atoms with Crippen LogP contribution in [0.1, 0.15) is 32.0 Å². The molecule has 1 atom stereocenters. The van der Waals surface area contributed by atoms with Gasteiger partial charge < -0.3 is 10.1 Å². The van der Waals surface area contributed by atoms with E-state index in [1.54, 1.807) is 6.20 Å². The fourth-order valence-corrected chi connectivity index (χ4v) is 2.21. The molecular formula is C16H18ClFN2O. The van der Waals surface area contributed by atoms with E-state index in [9.17, 15) is 4.39 Å². The van der Waals surface area contributed by atoms with E-state index in [2.05, 4.69) is 24.1 Å². The zero-order valence-corrected chi connectivity index (χ0v) is 12.8. The summed E-state index contributed by atoms with van der Waals surface area (Å²) in [5.74, 6) is 0.608. The van der Waals surface area contributed by atoms with Crippen molar-refractivity contribution in [2.45, 2.75) is 26.3 Å². The van der Waals surface area contributed by atoms with Gasteiger partial charge in [0.05, 0.1) is 16.9 Å². The first-order valence-corrected chi connectivity index (χ1v) is 7.34. The van der Waals surface area contributed by atoms with Gasteiger partial charge in [0.2, 0.25) is 0 Å². The predicted octanol–water partition coefficient (Wildman–Crippen LogP) is 4.73. The van der Waals surface area contributed by atoms with Crippen LogP contribution in [0.2, 0.25) is 5.02 Å². The van der Waals surface area contributed by atoms with Crippen LogP contribution in [0.25, 0.3) is 0 Å². The third-order valence-electron chi connectivity index (χ3n) is 3.10. The summed E-state index contributed by atoms with van der Waals surface area (Å²) in [5.41, 5.74) is 0.976. The smallest absolute Gasteiger partial charge is 0.145 e.